The van der Waals surface area contributed by atoms with Crippen LogP contribution < -0.4 is 11.1 Å². The zero-order chi connectivity index (χ0) is 24.7. The van der Waals surface area contributed by atoms with E-state index in [0.717, 1.165) is 40.5 Å². The van der Waals surface area contributed by atoms with Crippen LogP contribution in [0, 0.1) is 5.92 Å². The summed E-state index contributed by atoms with van der Waals surface area (Å²) < 4.78 is 4.23. The minimum Gasteiger partial charge on any atom is -0.354 e. The van der Waals surface area contributed by atoms with E-state index in [-0.39, 0.29) is 18.0 Å². The standard InChI is InChI=1S/C26H31N7O2/c1-4-17-10-23(33(24(17)28-2)12-16-5-6-16)25-30-21-9-18(7-8-22(21)31(25)3)26(35)32-13-19(27)11-20(14-32)29-15-34/h4,7-10,15-16,19-20H,1-2,5-6,11-14,27H2,3H3,(H,29,34). The van der Waals surface area contributed by atoms with Gasteiger partial charge in [-0.1, -0.05) is 12.7 Å². The number of nitrogens with two attached hydrogens (primary N) is 1. The molecule has 1 aliphatic heterocycles. The molecule has 0 radical (unpaired) electrons. The molecule has 182 valence electrons. The van der Waals surface area contributed by atoms with Gasteiger partial charge in [0.15, 0.2) is 5.82 Å². The van der Waals surface area contributed by atoms with Gasteiger partial charge in [-0.25, -0.2) is 9.98 Å². The fourth-order valence-electron chi connectivity index (χ4n) is 5.08. The number of piperidine rings is 1. The molecule has 2 aromatic heterocycles. The number of aromatic nitrogens is 3. The lowest BCUT2D eigenvalue weighted by Crippen LogP contribution is -2.55. The summed E-state index contributed by atoms with van der Waals surface area (Å²) in [5.41, 5.74) is 10.3. The Morgan fingerprint density at radius 2 is 2.11 bits per heavy atom. The van der Waals surface area contributed by atoms with Gasteiger partial charge in [-0.2, -0.15) is 0 Å². The predicted molar refractivity (Wildman–Crippen MR) is 138 cm³/mol. The summed E-state index contributed by atoms with van der Waals surface area (Å²) in [6.45, 7) is 9.48. The van der Waals surface area contributed by atoms with Crippen molar-refractivity contribution in [2.75, 3.05) is 13.1 Å². The van der Waals surface area contributed by atoms with E-state index in [9.17, 15) is 9.59 Å². The molecule has 1 aliphatic carbocycles. The number of aryl methyl sites for hydroxylation is 1. The van der Waals surface area contributed by atoms with Crippen molar-refractivity contribution in [3.63, 3.8) is 0 Å². The fraction of sp³-hybridized carbons (Fsp3) is 0.385. The second-order valence-corrected chi connectivity index (χ2v) is 9.61. The number of aliphatic imine (C=N–C) groups is 1. The van der Waals surface area contributed by atoms with Crippen molar-refractivity contribution < 1.29 is 9.59 Å². The third-order valence-corrected chi connectivity index (χ3v) is 7.04. The van der Waals surface area contributed by atoms with Gasteiger partial charge in [-0.3, -0.25) is 9.59 Å². The molecule has 9 heteroatoms. The fourth-order valence-corrected chi connectivity index (χ4v) is 5.08. The van der Waals surface area contributed by atoms with E-state index in [4.69, 9.17) is 10.7 Å². The van der Waals surface area contributed by atoms with Crippen molar-refractivity contribution in [1.82, 2.24) is 24.3 Å². The Morgan fingerprint density at radius 1 is 1.31 bits per heavy atom. The molecule has 3 aromatic rings. The van der Waals surface area contributed by atoms with Crippen LogP contribution >= 0.6 is 0 Å². The van der Waals surface area contributed by atoms with E-state index in [0.29, 0.717) is 37.4 Å². The second kappa shape index (κ2) is 9.14. The van der Waals surface area contributed by atoms with Crippen molar-refractivity contribution in [3.8, 4) is 11.5 Å². The molecule has 2 atom stereocenters. The summed E-state index contributed by atoms with van der Waals surface area (Å²) in [6.07, 6.45) is 5.55. The molecule has 2 aliphatic rings. The highest BCUT2D eigenvalue weighted by molar-refractivity contribution is 5.98. The lowest BCUT2D eigenvalue weighted by Gasteiger charge is -2.36. The molecule has 0 bridgehead atoms. The van der Waals surface area contributed by atoms with Crippen LogP contribution in [0.4, 0.5) is 5.82 Å². The lowest BCUT2D eigenvalue weighted by molar-refractivity contribution is -0.110. The third-order valence-electron chi connectivity index (χ3n) is 7.04. The van der Waals surface area contributed by atoms with E-state index in [1.165, 1.54) is 12.8 Å². The summed E-state index contributed by atoms with van der Waals surface area (Å²) in [4.78, 5) is 35.1. The molecule has 1 saturated heterocycles. The average molecular weight is 474 g/mol. The summed E-state index contributed by atoms with van der Waals surface area (Å²) >= 11 is 0. The highest BCUT2D eigenvalue weighted by Crippen LogP contribution is 2.38. The number of amides is 2. The summed E-state index contributed by atoms with van der Waals surface area (Å²) in [6, 6.07) is 7.32. The van der Waals surface area contributed by atoms with Gasteiger partial charge in [0.05, 0.1) is 16.7 Å². The van der Waals surface area contributed by atoms with Crippen LogP contribution in [-0.4, -0.2) is 63.2 Å². The first-order valence-corrected chi connectivity index (χ1v) is 12.0. The molecule has 1 aromatic carbocycles. The van der Waals surface area contributed by atoms with Crippen molar-refractivity contribution in [2.45, 2.75) is 37.9 Å². The molecule has 2 fully saturated rings. The van der Waals surface area contributed by atoms with Gasteiger partial charge in [0, 0.05) is 49.9 Å². The van der Waals surface area contributed by atoms with E-state index >= 15 is 0 Å². The molecule has 3 N–H and O–H groups in total. The first kappa shape index (κ1) is 23.0. The van der Waals surface area contributed by atoms with Crippen molar-refractivity contribution in [1.29, 1.82) is 0 Å². The molecular weight excluding hydrogens is 442 g/mol. The minimum absolute atomic E-state index is 0.115. The Bertz CT molecular complexity index is 1320. The van der Waals surface area contributed by atoms with Gasteiger partial charge < -0.3 is 25.1 Å². The normalized spacial score (nSPS) is 20.1. The van der Waals surface area contributed by atoms with Gasteiger partial charge in [0.2, 0.25) is 6.41 Å². The number of fused-ring (bicyclic) bond motifs is 1. The van der Waals surface area contributed by atoms with Crippen molar-refractivity contribution in [2.24, 2.45) is 23.7 Å². The van der Waals surface area contributed by atoms with E-state index in [1.807, 2.05) is 29.8 Å². The number of likely N-dealkylation sites (tertiary alicyclic amines) is 1. The Kier molecular flexibility index (Phi) is 6.02. The number of imidazole rings is 1. The third kappa shape index (κ3) is 4.27. The first-order valence-electron chi connectivity index (χ1n) is 12.0. The number of carbonyl (C=O) groups excluding carboxylic acids is 2. The Morgan fingerprint density at radius 3 is 2.80 bits per heavy atom. The predicted octanol–water partition coefficient (Wildman–Crippen LogP) is 2.71. The van der Waals surface area contributed by atoms with Crippen LogP contribution in [-0.2, 0) is 18.4 Å². The highest BCUT2D eigenvalue weighted by atomic mass is 16.2. The number of carbonyl (C=O) groups is 2. The Hall–Kier alpha value is -3.72. The number of benzene rings is 1. The van der Waals surface area contributed by atoms with Gasteiger partial charge in [0.1, 0.15) is 5.82 Å². The maximum Gasteiger partial charge on any atom is 0.254 e. The van der Waals surface area contributed by atoms with Gasteiger partial charge in [-0.15, -0.1) is 0 Å². The summed E-state index contributed by atoms with van der Waals surface area (Å²) in [5.74, 6) is 2.14. The zero-order valence-electron chi connectivity index (χ0n) is 20.0. The summed E-state index contributed by atoms with van der Waals surface area (Å²) in [7, 11) is 1.98. The number of hydrogen-bond donors (Lipinski definition) is 2. The molecule has 0 spiro atoms. The van der Waals surface area contributed by atoms with Crippen LogP contribution in [0.5, 0.6) is 0 Å². The van der Waals surface area contributed by atoms with Gasteiger partial charge in [0.25, 0.3) is 5.91 Å². The molecule has 35 heavy (non-hydrogen) atoms. The Labute approximate surface area is 204 Å². The molecule has 3 heterocycles. The summed E-state index contributed by atoms with van der Waals surface area (Å²) in [5, 5.41) is 2.76. The van der Waals surface area contributed by atoms with Crippen LogP contribution in [0.1, 0.15) is 35.2 Å². The van der Waals surface area contributed by atoms with Crippen LogP contribution in [0.25, 0.3) is 28.6 Å². The van der Waals surface area contributed by atoms with Crippen molar-refractivity contribution in [3.05, 3.63) is 42.0 Å². The highest BCUT2D eigenvalue weighted by Gasteiger charge is 2.29. The number of nitrogens with zero attached hydrogens (tertiary/aromatic N) is 5. The Balaban J connectivity index is 1.51. The SMILES string of the molecule is C=Cc1cc(-c2nc3cc(C(=O)N4CC(N)CC(NC=O)C4)ccc3n2C)n(CC2CC2)c1N=C. The van der Waals surface area contributed by atoms with E-state index < -0.39 is 0 Å². The average Bonchev–Trinajstić information content (AvgIpc) is 3.52. The number of nitrogens with one attached hydrogen (secondary N) is 1. The second-order valence-electron chi connectivity index (χ2n) is 9.61. The lowest BCUT2D eigenvalue weighted by atomic mass is 10.0. The maximum atomic E-state index is 13.3. The topological polar surface area (TPSA) is 111 Å². The number of hydrogen-bond acceptors (Lipinski definition) is 5. The monoisotopic (exact) mass is 473 g/mol. The molecule has 2 amide bonds. The molecular formula is C26H31N7O2. The molecule has 5 rings (SSSR count). The maximum absolute atomic E-state index is 13.3. The van der Waals surface area contributed by atoms with Crippen LogP contribution in [0.3, 0.4) is 0 Å². The van der Waals surface area contributed by atoms with Crippen LogP contribution in [0.2, 0.25) is 0 Å². The van der Waals surface area contributed by atoms with E-state index in [1.54, 1.807) is 11.0 Å². The van der Waals surface area contributed by atoms with E-state index in [2.05, 4.69) is 34.2 Å². The molecule has 2 unspecified atom stereocenters. The zero-order valence-corrected chi connectivity index (χ0v) is 20.0. The van der Waals surface area contributed by atoms with Crippen molar-refractivity contribution >= 4 is 42.0 Å². The van der Waals surface area contributed by atoms with Gasteiger partial charge >= 0.3 is 0 Å². The molecule has 1 saturated carbocycles. The number of rotatable bonds is 8. The minimum atomic E-state index is -0.179. The quantitative estimate of drug-likeness (QED) is 0.387. The smallest absolute Gasteiger partial charge is 0.254 e. The first-order chi connectivity index (χ1) is 16.9. The molecule has 9 nitrogen and oxygen atoms in total. The largest absolute Gasteiger partial charge is 0.354 e. The van der Waals surface area contributed by atoms with Crippen LogP contribution in [0.15, 0.2) is 35.8 Å². The van der Waals surface area contributed by atoms with Gasteiger partial charge in [-0.05, 0) is 56.2 Å².